The van der Waals surface area contributed by atoms with E-state index >= 15 is 0 Å². The predicted octanol–water partition coefficient (Wildman–Crippen LogP) is 3.46. The fraction of sp³-hybridized carbons (Fsp3) is 0.192. The van der Waals surface area contributed by atoms with Crippen molar-refractivity contribution in [2.75, 3.05) is 37.9 Å². The van der Waals surface area contributed by atoms with Crippen molar-refractivity contribution in [1.82, 2.24) is 40.0 Å². The second-order valence-electron chi connectivity index (χ2n) is 9.07. The first-order valence-electron chi connectivity index (χ1n) is 11.8. The molecule has 5 aromatic rings. The molecular weight excluding hydrogens is 482 g/mol. The van der Waals surface area contributed by atoms with Gasteiger partial charge in [-0.05, 0) is 52.0 Å². The molecule has 0 saturated carbocycles. The van der Waals surface area contributed by atoms with Crippen molar-refractivity contribution in [3.05, 3.63) is 54.8 Å². The van der Waals surface area contributed by atoms with Gasteiger partial charge in [-0.1, -0.05) is 0 Å². The van der Waals surface area contributed by atoms with E-state index in [4.69, 9.17) is 9.97 Å². The van der Waals surface area contributed by atoms with E-state index < -0.39 is 0 Å². The van der Waals surface area contributed by atoms with Gasteiger partial charge in [0.2, 0.25) is 5.91 Å². The average molecular weight is 510 g/mol. The zero-order chi connectivity index (χ0) is 26.8. The maximum absolute atomic E-state index is 12.2. The number of H-pyrrole nitrogens is 2. The number of aliphatic imine (C=N–C) groups is 1. The quantitative estimate of drug-likeness (QED) is 0.270. The van der Waals surface area contributed by atoms with Gasteiger partial charge in [-0.15, -0.1) is 0 Å². The molecular formula is C26H27N11O. The minimum atomic E-state index is -0.120. The highest BCUT2D eigenvalue weighted by Gasteiger charge is 2.18. The first-order valence-corrected chi connectivity index (χ1v) is 11.8. The van der Waals surface area contributed by atoms with E-state index in [0.29, 0.717) is 39.8 Å². The highest BCUT2D eigenvalue weighted by molar-refractivity contribution is 5.95. The minimum Gasteiger partial charge on any atom is -0.336 e. The van der Waals surface area contributed by atoms with Crippen LogP contribution < -0.4 is 10.2 Å². The Bertz CT molecular complexity index is 1680. The summed E-state index contributed by atoms with van der Waals surface area (Å²) < 4.78 is 0. The fourth-order valence-electron chi connectivity index (χ4n) is 4.03. The molecule has 0 bridgehead atoms. The van der Waals surface area contributed by atoms with Crippen LogP contribution in [0.15, 0.2) is 59.7 Å². The molecule has 0 fully saturated rings. The molecule has 0 aromatic carbocycles. The number of hydrogen-bond donors (Lipinski definition) is 3. The fourth-order valence-corrected chi connectivity index (χ4v) is 4.03. The Morgan fingerprint density at radius 2 is 1.97 bits per heavy atom. The molecule has 12 heteroatoms. The molecule has 0 radical (unpaired) electrons. The van der Waals surface area contributed by atoms with Gasteiger partial charge >= 0.3 is 0 Å². The number of rotatable bonds is 8. The number of anilines is 2. The lowest BCUT2D eigenvalue weighted by atomic mass is 10.1. The number of allylic oxidation sites excluding steroid dienone is 1. The third-order valence-corrected chi connectivity index (χ3v) is 5.76. The molecule has 38 heavy (non-hydrogen) atoms. The van der Waals surface area contributed by atoms with Gasteiger partial charge in [0, 0.05) is 31.2 Å². The van der Waals surface area contributed by atoms with Crippen molar-refractivity contribution in [2.45, 2.75) is 6.92 Å². The Morgan fingerprint density at radius 1 is 1.13 bits per heavy atom. The summed E-state index contributed by atoms with van der Waals surface area (Å²) in [6, 6.07) is 7.49. The molecule has 12 nitrogen and oxygen atoms in total. The molecule has 0 atom stereocenters. The molecule has 0 aliphatic heterocycles. The van der Waals surface area contributed by atoms with Crippen molar-refractivity contribution >= 4 is 46.2 Å². The lowest BCUT2D eigenvalue weighted by Gasteiger charge is -2.13. The van der Waals surface area contributed by atoms with Crippen molar-refractivity contribution in [1.29, 1.82) is 0 Å². The molecule has 0 spiro atoms. The van der Waals surface area contributed by atoms with Crippen molar-refractivity contribution in [3.63, 3.8) is 0 Å². The number of carbonyl (C=O) groups excluding carboxylic acids is 1. The molecule has 1 amide bonds. The van der Waals surface area contributed by atoms with E-state index in [1.165, 1.54) is 0 Å². The molecule has 3 N–H and O–H groups in total. The zero-order valence-electron chi connectivity index (χ0n) is 21.5. The summed E-state index contributed by atoms with van der Waals surface area (Å²) in [4.78, 5) is 41.6. The zero-order valence-corrected chi connectivity index (χ0v) is 21.5. The van der Waals surface area contributed by atoms with Gasteiger partial charge in [0.15, 0.2) is 17.3 Å². The number of pyridine rings is 3. The van der Waals surface area contributed by atoms with Gasteiger partial charge < -0.3 is 20.1 Å². The normalized spacial score (nSPS) is 11.9. The SMILES string of the molecule is C=N/C(C)=C\N(C)c1nccc2[nH]c(-c3n[nH]c4ccc(-c5cncc(NC(=O)CN(C)C)c5)nc34)nc12. The number of aromatic amines is 2. The highest BCUT2D eigenvalue weighted by Crippen LogP contribution is 2.30. The number of carbonyl (C=O) groups is 1. The van der Waals surface area contributed by atoms with Crippen LogP contribution in [-0.2, 0) is 4.79 Å². The lowest BCUT2D eigenvalue weighted by Crippen LogP contribution is -2.27. The van der Waals surface area contributed by atoms with E-state index in [9.17, 15) is 4.79 Å². The molecule has 5 rings (SSSR count). The number of amides is 1. The van der Waals surface area contributed by atoms with Crippen LogP contribution in [0.25, 0.3) is 44.8 Å². The van der Waals surface area contributed by atoms with Gasteiger partial charge in [-0.25, -0.2) is 15.0 Å². The summed E-state index contributed by atoms with van der Waals surface area (Å²) in [5.74, 6) is 1.11. The second kappa shape index (κ2) is 10.2. The first kappa shape index (κ1) is 24.7. The number of imidazole rings is 1. The predicted molar refractivity (Wildman–Crippen MR) is 149 cm³/mol. The summed E-state index contributed by atoms with van der Waals surface area (Å²) in [5, 5.41) is 10.4. The summed E-state index contributed by atoms with van der Waals surface area (Å²) in [6.45, 7) is 5.70. The van der Waals surface area contributed by atoms with Crippen molar-refractivity contribution < 1.29 is 4.79 Å². The van der Waals surface area contributed by atoms with Crippen LogP contribution in [0.2, 0.25) is 0 Å². The van der Waals surface area contributed by atoms with E-state index in [1.807, 2.05) is 63.4 Å². The summed E-state index contributed by atoms with van der Waals surface area (Å²) in [5.41, 5.74) is 6.30. The standard InChI is InChI=1S/C26H27N11O/c1-15(27-2)13-37(5)26-23-19(8-9-29-26)32-25(33-23)24-22-20(34-35-24)7-6-18(31-22)16-10-17(12-28-11-16)30-21(38)14-36(3)4/h6-13H,2,14H2,1,3-5H3,(H,30,38)(H,32,33)(H,34,35)/b15-13-. The van der Waals surface area contributed by atoms with Gasteiger partial charge in [-0.3, -0.25) is 19.9 Å². The Morgan fingerprint density at radius 3 is 2.76 bits per heavy atom. The lowest BCUT2D eigenvalue weighted by molar-refractivity contribution is -0.116. The first-order chi connectivity index (χ1) is 18.3. The van der Waals surface area contributed by atoms with Gasteiger partial charge in [-0.2, -0.15) is 5.10 Å². The monoisotopic (exact) mass is 509 g/mol. The molecule has 5 heterocycles. The Kier molecular flexibility index (Phi) is 6.62. The van der Waals surface area contributed by atoms with E-state index in [2.05, 4.69) is 42.2 Å². The maximum atomic E-state index is 12.2. The van der Waals surface area contributed by atoms with Crippen molar-refractivity contribution in [3.8, 4) is 22.8 Å². The van der Waals surface area contributed by atoms with Crippen LogP contribution in [0.4, 0.5) is 11.5 Å². The number of fused-ring (bicyclic) bond motifs is 2. The van der Waals surface area contributed by atoms with Gasteiger partial charge in [0.1, 0.15) is 11.0 Å². The summed E-state index contributed by atoms with van der Waals surface area (Å²) >= 11 is 0. The largest absolute Gasteiger partial charge is 0.336 e. The average Bonchev–Trinajstić information content (AvgIpc) is 3.51. The molecule has 0 aliphatic carbocycles. The highest BCUT2D eigenvalue weighted by atomic mass is 16.2. The van der Waals surface area contributed by atoms with Crippen LogP contribution in [0, 0.1) is 0 Å². The topological polar surface area (TPSA) is 144 Å². The number of aromatic nitrogens is 7. The summed E-state index contributed by atoms with van der Waals surface area (Å²) in [6.07, 6.45) is 6.87. The molecule has 192 valence electrons. The molecule has 5 aromatic heterocycles. The van der Waals surface area contributed by atoms with E-state index in [1.54, 1.807) is 23.5 Å². The third kappa shape index (κ3) is 4.97. The third-order valence-electron chi connectivity index (χ3n) is 5.76. The molecule has 0 saturated heterocycles. The van der Waals surface area contributed by atoms with Crippen LogP contribution in [0.3, 0.4) is 0 Å². The Labute approximate surface area is 218 Å². The second-order valence-corrected chi connectivity index (χ2v) is 9.07. The van der Waals surface area contributed by atoms with E-state index in [-0.39, 0.29) is 12.5 Å². The van der Waals surface area contributed by atoms with Crippen LogP contribution in [-0.4, -0.2) is 80.3 Å². The minimum absolute atomic E-state index is 0.120. The number of nitrogens with one attached hydrogen (secondary N) is 3. The molecule has 0 unspecified atom stereocenters. The van der Waals surface area contributed by atoms with Gasteiger partial charge in [0.05, 0.1) is 40.9 Å². The van der Waals surface area contributed by atoms with Crippen LogP contribution in [0.1, 0.15) is 6.92 Å². The number of nitrogens with zero attached hydrogens (tertiary/aromatic N) is 8. The van der Waals surface area contributed by atoms with Crippen LogP contribution >= 0.6 is 0 Å². The van der Waals surface area contributed by atoms with E-state index in [0.717, 1.165) is 22.3 Å². The Hall–Kier alpha value is -4.97. The number of hydrogen-bond acceptors (Lipinski definition) is 9. The number of likely N-dealkylation sites (N-methyl/N-ethyl adjacent to an activating group) is 1. The Balaban J connectivity index is 1.51. The molecule has 0 aliphatic rings. The summed E-state index contributed by atoms with van der Waals surface area (Å²) in [7, 11) is 5.56. The van der Waals surface area contributed by atoms with Gasteiger partial charge in [0.25, 0.3) is 0 Å². The smallest absolute Gasteiger partial charge is 0.238 e. The maximum Gasteiger partial charge on any atom is 0.238 e. The van der Waals surface area contributed by atoms with Crippen LogP contribution in [0.5, 0.6) is 0 Å². The van der Waals surface area contributed by atoms with Crippen molar-refractivity contribution in [2.24, 2.45) is 4.99 Å².